The van der Waals surface area contributed by atoms with Crippen LogP contribution in [-0.2, 0) is 0 Å². The van der Waals surface area contributed by atoms with E-state index in [0.717, 1.165) is 5.75 Å². The Balaban J connectivity index is 2.66. The normalized spacial score (nSPS) is 10.2. The van der Waals surface area contributed by atoms with Gasteiger partial charge in [0, 0.05) is 6.20 Å². The van der Waals surface area contributed by atoms with Gasteiger partial charge in [0.05, 0.1) is 0 Å². The number of thioether (sulfide) groups is 1. The molecule has 0 spiro atoms. The molecule has 0 bridgehead atoms. The van der Waals surface area contributed by atoms with Gasteiger partial charge in [-0.2, -0.15) is 0 Å². The molecule has 0 aliphatic heterocycles. The van der Waals surface area contributed by atoms with E-state index in [1.165, 1.54) is 0 Å². The van der Waals surface area contributed by atoms with Crippen LogP contribution >= 0.6 is 11.8 Å². The molecule has 0 radical (unpaired) electrons. The van der Waals surface area contributed by atoms with Gasteiger partial charge in [0.25, 0.3) is 0 Å². The van der Waals surface area contributed by atoms with E-state index in [-0.39, 0.29) is 0 Å². The van der Waals surface area contributed by atoms with Gasteiger partial charge in [-0.05, 0) is 11.2 Å². The molecule has 0 aliphatic carbocycles. The SMILES string of the molecule is CCSC=CN. The van der Waals surface area contributed by atoms with E-state index < -0.39 is 0 Å². The molecule has 0 fully saturated rings. The van der Waals surface area contributed by atoms with E-state index in [9.17, 15) is 0 Å². The molecule has 0 saturated carbocycles. The fraction of sp³-hybridized carbons (Fsp3) is 0.500. The van der Waals surface area contributed by atoms with Crippen LogP contribution in [0.3, 0.4) is 0 Å². The molecule has 0 atom stereocenters. The lowest BCUT2D eigenvalue weighted by molar-refractivity contribution is 1.53. The molecule has 2 heteroatoms. The Kier molecular flexibility index (Phi) is 4.80. The quantitative estimate of drug-likeness (QED) is 0.567. The van der Waals surface area contributed by atoms with Gasteiger partial charge in [0.2, 0.25) is 0 Å². The Hall–Kier alpha value is -0.110. The van der Waals surface area contributed by atoms with Gasteiger partial charge >= 0.3 is 0 Å². The average molecular weight is 103 g/mol. The van der Waals surface area contributed by atoms with Crippen LogP contribution in [0.15, 0.2) is 11.6 Å². The van der Waals surface area contributed by atoms with Gasteiger partial charge in [0.1, 0.15) is 0 Å². The second-order valence-corrected chi connectivity index (χ2v) is 1.97. The second-order valence-electron chi connectivity index (χ2n) is 0.784. The number of nitrogens with two attached hydrogens (primary N) is 1. The highest BCUT2D eigenvalue weighted by atomic mass is 32.2. The predicted molar refractivity (Wildman–Crippen MR) is 31.5 cm³/mol. The van der Waals surface area contributed by atoms with E-state index in [2.05, 4.69) is 6.92 Å². The van der Waals surface area contributed by atoms with Crippen molar-refractivity contribution in [1.82, 2.24) is 0 Å². The lowest BCUT2D eigenvalue weighted by Crippen LogP contribution is -1.72. The highest BCUT2D eigenvalue weighted by Gasteiger charge is 1.64. The molecular weight excluding hydrogens is 94.1 g/mol. The van der Waals surface area contributed by atoms with Crippen LogP contribution in [0, 0.1) is 0 Å². The topological polar surface area (TPSA) is 26.0 Å². The standard InChI is InChI=1S/C4H9NS/c1-2-6-4-3-5/h3-4H,2,5H2,1H3. The third-order valence-corrected chi connectivity index (χ3v) is 1.02. The summed E-state index contributed by atoms with van der Waals surface area (Å²) in [6.07, 6.45) is 1.55. The largest absolute Gasteiger partial charge is 0.404 e. The summed E-state index contributed by atoms with van der Waals surface area (Å²) in [5, 5.41) is 1.88. The van der Waals surface area contributed by atoms with Crippen molar-refractivity contribution in [2.45, 2.75) is 6.92 Å². The van der Waals surface area contributed by atoms with Crippen molar-refractivity contribution in [2.75, 3.05) is 5.75 Å². The van der Waals surface area contributed by atoms with Crippen molar-refractivity contribution in [1.29, 1.82) is 0 Å². The van der Waals surface area contributed by atoms with E-state index in [1.54, 1.807) is 18.0 Å². The van der Waals surface area contributed by atoms with E-state index in [0.29, 0.717) is 0 Å². The van der Waals surface area contributed by atoms with Gasteiger partial charge in [-0.1, -0.05) is 6.92 Å². The van der Waals surface area contributed by atoms with Crippen LogP contribution in [0.4, 0.5) is 0 Å². The molecule has 0 aliphatic rings. The summed E-state index contributed by atoms with van der Waals surface area (Å²) in [7, 11) is 0. The molecule has 0 amide bonds. The minimum absolute atomic E-state index is 1.10. The van der Waals surface area contributed by atoms with Crippen molar-refractivity contribution < 1.29 is 0 Å². The Morgan fingerprint density at radius 2 is 2.50 bits per heavy atom. The number of rotatable bonds is 2. The molecular formula is C4H9NS. The van der Waals surface area contributed by atoms with Crippen molar-refractivity contribution in [3.8, 4) is 0 Å². The van der Waals surface area contributed by atoms with Crippen LogP contribution in [0.25, 0.3) is 0 Å². The maximum atomic E-state index is 5.01. The first-order chi connectivity index (χ1) is 2.91. The Morgan fingerprint density at radius 3 is 2.67 bits per heavy atom. The summed E-state index contributed by atoms with van der Waals surface area (Å²) in [5.74, 6) is 1.10. The van der Waals surface area contributed by atoms with E-state index in [1.807, 2.05) is 5.41 Å². The van der Waals surface area contributed by atoms with Crippen molar-refractivity contribution >= 4 is 11.8 Å². The summed E-state index contributed by atoms with van der Waals surface area (Å²) in [6.45, 7) is 2.09. The second kappa shape index (κ2) is 4.89. The fourth-order valence-corrected chi connectivity index (χ4v) is 0.455. The highest BCUT2D eigenvalue weighted by Crippen LogP contribution is 1.96. The fourth-order valence-electron chi connectivity index (χ4n) is 0.152. The van der Waals surface area contributed by atoms with Crippen LogP contribution in [0.2, 0.25) is 0 Å². The minimum Gasteiger partial charge on any atom is -0.404 e. The minimum atomic E-state index is 1.10. The maximum absolute atomic E-state index is 5.01. The third kappa shape index (κ3) is 3.89. The van der Waals surface area contributed by atoms with Gasteiger partial charge in [0.15, 0.2) is 0 Å². The number of hydrogen-bond acceptors (Lipinski definition) is 2. The smallest absolute Gasteiger partial charge is 0.000182 e. The zero-order valence-corrected chi connectivity index (χ0v) is 4.66. The molecule has 0 rings (SSSR count). The molecule has 0 saturated heterocycles. The Labute approximate surface area is 42.6 Å². The summed E-state index contributed by atoms with van der Waals surface area (Å²) in [5.41, 5.74) is 5.01. The van der Waals surface area contributed by atoms with E-state index >= 15 is 0 Å². The highest BCUT2D eigenvalue weighted by molar-refractivity contribution is 8.02. The van der Waals surface area contributed by atoms with Gasteiger partial charge in [-0.15, -0.1) is 11.8 Å². The van der Waals surface area contributed by atoms with Gasteiger partial charge in [-0.3, -0.25) is 0 Å². The zero-order valence-electron chi connectivity index (χ0n) is 3.85. The van der Waals surface area contributed by atoms with Crippen molar-refractivity contribution in [3.05, 3.63) is 11.6 Å². The van der Waals surface area contributed by atoms with E-state index in [4.69, 9.17) is 5.73 Å². The first-order valence-electron chi connectivity index (χ1n) is 1.90. The average Bonchev–Trinajstić information content (AvgIpc) is 1.61. The third-order valence-electron chi connectivity index (χ3n) is 0.341. The molecule has 0 heterocycles. The van der Waals surface area contributed by atoms with Crippen LogP contribution in [-0.4, -0.2) is 5.75 Å². The molecule has 0 aromatic rings. The van der Waals surface area contributed by atoms with Crippen LogP contribution in [0.5, 0.6) is 0 Å². The molecule has 36 valence electrons. The molecule has 6 heavy (non-hydrogen) atoms. The predicted octanol–water partition coefficient (Wildman–Crippen LogP) is 1.17. The van der Waals surface area contributed by atoms with Crippen molar-refractivity contribution in [2.24, 2.45) is 5.73 Å². The molecule has 0 unspecified atom stereocenters. The summed E-state index contributed by atoms with van der Waals surface area (Å²) in [6, 6.07) is 0. The van der Waals surface area contributed by atoms with Gasteiger partial charge in [-0.25, -0.2) is 0 Å². The zero-order chi connectivity index (χ0) is 4.83. The molecule has 2 N–H and O–H groups in total. The molecule has 0 aromatic heterocycles. The Morgan fingerprint density at radius 1 is 1.83 bits per heavy atom. The maximum Gasteiger partial charge on any atom is 0.000182 e. The first-order valence-corrected chi connectivity index (χ1v) is 2.95. The van der Waals surface area contributed by atoms with Crippen LogP contribution < -0.4 is 5.73 Å². The Bertz CT molecular complexity index is 42.8. The monoisotopic (exact) mass is 103 g/mol. The van der Waals surface area contributed by atoms with Crippen LogP contribution in [0.1, 0.15) is 6.92 Å². The molecule has 1 nitrogen and oxygen atoms in total. The summed E-state index contributed by atoms with van der Waals surface area (Å²) >= 11 is 1.70. The lowest BCUT2D eigenvalue weighted by atomic mass is 11.0. The molecule has 0 aromatic carbocycles. The first kappa shape index (κ1) is 5.89. The summed E-state index contributed by atoms with van der Waals surface area (Å²) in [4.78, 5) is 0. The lowest BCUT2D eigenvalue weighted by Gasteiger charge is -1.77. The number of hydrogen-bond donors (Lipinski definition) is 1. The van der Waals surface area contributed by atoms with Crippen molar-refractivity contribution in [3.63, 3.8) is 0 Å². The van der Waals surface area contributed by atoms with Gasteiger partial charge < -0.3 is 5.73 Å². The summed E-state index contributed by atoms with van der Waals surface area (Å²) < 4.78 is 0.